The summed E-state index contributed by atoms with van der Waals surface area (Å²) in [6, 6.07) is 4.14. The van der Waals surface area contributed by atoms with Gasteiger partial charge in [-0.25, -0.2) is 0 Å². The van der Waals surface area contributed by atoms with Crippen molar-refractivity contribution in [3.63, 3.8) is 0 Å². The van der Waals surface area contributed by atoms with Crippen molar-refractivity contribution in [3.8, 4) is 0 Å². The first-order valence-corrected chi connectivity index (χ1v) is 2.73. The smallest absolute Gasteiger partial charge is 0 e. The van der Waals surface area contributed by atoms with E-state index in [-0.39, 0.29) is 37.8 Å². The molecule has 0 saturated heterocycles. The Balaban J connectivity index is 0. The van der Waals surface area contributed by atoms with Crippen LogP contribution >= 0.6 is 8.19 Å². The molecule has 1 aromatic heterocycles. The fraction of sp³-hybridized carbons (Fsp3) is 0. The van der Waals surface area contributed by atoms with Crippen molar-refractivity contribution in [3.05, 3.63) is 23.7 Å². The molecule has 0 fully saturated rings. The molecular weight excluding hydrogens is 322 g/mol. The topological polar surface area (TPSA) is 0 Å². The summed E-state index contributed by atoms with van der Waals surface area (Å²) in [6.07, 6.45) is 0. The molecule has 0 bridgehead atoms. The Morgan fingerprint density at radius 2 is 1.43 bits per heavy atom. The van der Waals surface area contributed by atoms with E-state index in [1.807, 2.05) is 0 Å². The average molecular weight is 327 g/mol. The maximum Gasteiger partial charge on any atom is 0 e. The summed E-state index contributed by atoms with van der Waals surface area (Å²) < 4.78 is 0. The molecule has 1 aromatic rings. The minimum Gasteiger partial charge on any atom is -0.140 e. The molecule has 0 saturated carbocycles. The first-order valence-electron chi connectivity index (χ1n) is 1.58. The van der Waals surface area contributed by atoms with Gasteiger partial charge in [0.15, 0.2) is 0 Å². The van der Waals surface area contributed by atoms with E-state index >= 15 is 0 Å². The van der Waals surface area contributed by atoms with Gasteiger partial charge in [0.1, 0.15) is 0 Å². The predicted molar refractivity (Wildman–Crippen MR) is 25.9 cm³/mol. The van der Waals surface area contributed by atoms with Gasteiger partial charge >= 0.3 is 0 Å². The summed E-state index contributed by atoms with van der Waals surface area (Å²) in [5, 5.41) is 0. The maximum absolute atomic E-state index is 2.15. The van der Waals surface area contributed by atoms with Crippen molar-refractivity contribution in [2.45, 2.75) is 0 Å². The van der Waals surface area contributed by atoms with Gasteiger partial charge in [-0.2, -0.15) is 0 Å². The third-order valence-electron chi connectivity index (χ3n) is 0.496. The molecule has 3 heteroatoms. The molecule has 0 aliphatic heterocycles. The molecule has 1 heterocycles. The van der Waals surface area contributed by atoms with Crippen LogP contribution in [0, 0.1) is 0 Å². The van der Waals surface area contributed by atoms with Gasteiger partial charge in [0.2, 0.25) is 0 Å². The van der Waals surface area contributed by atoms with Crippen LogP contribution in [-0.2, 0) is 37.8 Å². The molecular formula is C4H5CoPW. The Bertz CT molecular complexity index is 68.2. The van der Waals surface area contributed by atoms with Crippen molar-refractivity contribution in [2.24, 2.45) is 0 Å². The van der Waals surface area contributed by atoms with Crippen LogP contribution in [0.3, 0.4) is 0 Å². The fourth-order valence-electron chi connectivity index (χ4n) is 0.278. The minimum atomic E-state index is 0. The Morgan fingerprint density at radius 3 is 1.57 bits per heavy atom. The number of rotatable bonds is 0. The van der Waals surface area contributed by atoms with Gasteiger partial charge in [0.05, 0.1) is 0 Å². The average Bonchev–Trinajstić information content (AvgIpc) is 1.76. The summed E-state index contributed by atoms with van der Waals surface area (Å²) >= 11 is 0. The zero-order valence-electron chi connectivity index (χ0n) is 3.55. The third-order valence-corrected chi connectivity index (χ3v) is 1.27. The zero-order chi connectivity index (χ0) is 3.54. The molecule has 7 heavy (non-hydrogen) atoms. The van der Waals surface area contributed by atoms with Gasteiger partial charge in [0, 0.05) is 37.8 Å². The minimum absolute atomic E-state index is 0. The van der Waals surface area contributed by atoms with Crippen molar-refractivity contribution < 1.29 is 37.8 Å². The van der Waals surface area contributed by atoms with Crippen molar-refractivity contribution in [1.29, 1.82) is 0 Å². The SMILES string of the molecule is [Co].[W].c1cc[pH]c1. The third kappa shape index (κ3) is 4.84. The first-order chi connectivity index (χ1) is 2.50. The Kier molecular flexibility index (Phi) is 10.8. The van der Waals surface area contributed by atoms with E-state index < -0.39 is 0 Å². The summed E-state index contributed by atoms with van der Waals surface area (Å²) in [5.41, 5.74) is 0. The largest absolute Gasteiger partial charge is 0.140 e. The van der Waals surface area contributed by atoms with Crippen LogP contribution in [0.15, 0.2) is 23.7 Å². The van der Waals surface area contributed by atoms with Gasteiger partial charge in [-0.15, -0.1) is 8.19 Å². The van der Waals surface area contributed by atoms with Crippen LogP contribution in [0.1, 0.15) is 0 Å². The molecule has 0 spiro atoms. The molecule has 0 N–H and O–H groups in total. The summed E-state index contributed by atoms with van der Waals surface area (Å²) in [7, 11) is 0.948. The molecule has 0 atom stereocenters. The van der Waals surface area contributed by atoms with Crippen LogP contribution in [0.2, 0.25) is 0 Å². The Labute approximate surface area is 69.6 Å². The molecule has 0 amide bonds. The van der Waals surface area contributed by atoms with Gasteiger partial charge in [0.25, 0.3) is 0 Å². The molecule has 41 valence electrons. The van der Waals surface area contributed by atoms with Crippen molar-refractivity contribution in [2.75, 3.05) is 0 Å². The molecule has 0 aromatic carbocycles. The van der Waals surface area contributed by atoms with Crippen molar-refractivity contribution >= 4 is 8.19 Å². The van der Waals surface area contributed by atoms with E-state index in [2.05, 4.69) is 23.7 Å². The number of hydrogen-bond acceptors (Lipinski definition) is 0. The summed E-state index contributed by atoms with van der Waals surface area (Å²) in [6.45, 7) is 0. The van der Waals surface area contributed by atoms with Crippen LogP contribution in [0.25, 0.3) is 0 Å². The molecule has 0 unspecified atom stereocenters. The molecule has 1 rings (SSSR count). The predicted octanol–water partition coefficient (Wildman–Crippen LogP) is 1.71. The summed E-state index contributed by atoms with van der Waals surface area (Å²) in [5.74, 6) is 4.31. The van der Waals surface area contributed by atoms with E-state index in [0.717, 1.165) is 8.19 Å². The number of hydrogen-bond donors (Lipinski definition) is 0. The molecule has 0 aliphatic carbocycles. The second-order valence-electron chi connectivity index (χ2n) is 0.885. The van der Waals surface area contributed by atoms with Gasteiger partial charge in [-0.3, -0.25) is 0 Å². The van der Waals surface area contributed by atoms with E-state index in [4.69, 9.17) is 0 Å². The second-order valence-corrected chi connectivity index (χ2v) is 1.88. The second kappa shape index (κ2) is 6.97. The Morgan fingerprint density at radius 1 is 1.00 bits per heavy atom. The van der Waals surface area contributed by atoms with Gasteiger partial charge in [-0.1, -0.05) is 12.1 Å². The van der Waals surface area contributed by atoms with E-state index in [1.165, 1.54) is 0 Å². The Hall–Kier alpha value is 0.975. The zero-order valence-corrected chi connectivity index (χ0v) is 8.53. The van der Waals surface area contributed by atoms with Gasteiger partial charge in [-0.05, 0) is 11.6 Å². The first kappa shape index (κ1) is 10.9. The molecule has 0 aliphatic rings. The fourth-order valence-corrected chi connectivity index (χ4v) is 0.833. The van der Waals surface area contributed by atoms with Gasteiger partial charge < -0.3 is 0 Å². The quantitative estimate of drug-likeness (QED) is 0.681. The van der Waals surface area contributed by atoms with E-state index in [1.54, 1.807) is 0 Å². The van der Waals surface area contributed by atoms with Crippen LogP contribution in [0.5, 0.6) is 0 Å². The molecule has 0 nitrogen and oxygen atoms in total. The maximum atomic E-state index is 2.15. The van der Waals surface area contributed by atoms with E-state index in [0.29, 0.717) is 0 Å². The van der Waals surface area contributed by atoms with Crippen LogP contribution in [0.4, 0.5) is 0 Å². The standard InChI is InChI=1S/C4H5P.Co.W/c1-2-4-5-3-1;;/h1-5H;;. The van der Waals surface area contributed by atoms with E-state index in [9.17, 15) is 0 Å². The van der Waals surface area contributed by atoms with Crippen LogP contribution < -0.4 is 0 Å². The monoisotopic (exact) mass is 327 g/mol. The molecule has 1 radical (unpaired) electrons. The van der Waals surface area contributed by atoms with Crippen LogP contribution in [-0.4, -0.2) is 0 Å². The normalized spacial score (nSPS) is 5.71. The van der Waals surface area contributed by atoms with Crippen molar-refractivity contribution in [1.82, 2.24) is 0 Å². The summed E-state index contributed by atoms with van der Waals surface area (Å²) in [4.78, 5) is 0.